The highest BCUT2D eigenvalue weighted by atomic mass is 32.2. The first-order valence-electron chi connectivity index (χ1n) is 8.47. The SMILES string of the molecule is CCOC(=S)SC(SC(=S)OCC)(c1ccccc1)c1ccc(OC)cc1. The summed E-state index contributed by atoms with van der Waals surface area (Å²) < 4.78 is 16.8. The van der Waals surface area contributed by atoms with Gasteiger partial charge in [0.05, 0.1) is 20.3 Å². The van der Waals surface area contributed by atoms with E-state index >= 15 is 0 Å². The summed E-state index contributed by atoms with van der Waals surface area (Å²) in [4.78, 5) is 0. The lowest BCUT2D eigenvalue weighted by Crippen LogP contribution is -2.24. The first kappa shape index (κ1) is 22.0. The van der Waals surface area contributed by atoms with Crippen molar-refractivity contribution in [2.24, 2.45) is 0 Å². The van der Waals surface area contributed by atoms with E-state index in [9.17, 15) is 0 Å². The standard InChI is InChI=1S/C20H22O3S4/c1-4-22-18(24)26-20(27-19(25)23-5-2,15-9-7-6-8-10-15)16-11-13-17(21-3)14-12-16/h6-14H,4-5H2,1-3H3. The van der Waals surface area contributed by atoms with Crippen molar-refractivity contribution < 1.29 is 14.2 Å². The van der Waals surface area contributed by atoms with Crippen molar-refractivity contribution >= 4 is 56.7 Å². The molecule has 2 aromatic rings. The van der Waals surface area contributed by atoms with Gasteiger partial charge < -0.3 is 14.2 Å². The third-order valence-electron chi connectivity index (χ3n) is 3.60. The van der Waals surface area contributed by atoms with E-state index in [0.717, 1.165) is 16.9 Å². The molecule has 3 nitrogen and oxygen atoms in total. The van der Waals surface area contributed by atoms with Crippen molar-refractivity contribution in [2.75, 3.05) is 20.3 Å². The van der Waals surface area contributed by atoms with Crippen LogP contribution in [0.5, 0.6) is 5.75 Å². The maximum atomic E-state index is 5.60. The normalized spacial score (nSPS) is 10.9. The van der Waals surface area contributed by atoms with Gasteiger partial charge in [-0.05, 0) is 85.1 Å². The lowest BCUT2D eigenvalue weighted by molar-refractivity contribution is 0.345. The Balaban J connectivity index is 2.59. The molecular weight excluding hydrogens is 416 g/mol. The van der Waals surface area contributed by atoms with Crippen LogP contribution in [0.1, 0.15) is 25.0 Å². The molecule has 27 heavy (non-hydrogen) atoms. The summed E-state index contributed by atoms with van der Waals surface area (Å²) in [6.07, 6.45) is 0. The number of thiocarbonyl (C=S) groups is 2. The summed E-state index contributed by atoms with van der Waals surface area (Å²) in [6.45, 7) is 4.87. The summed E-state index contributed by atoms with van der Waals surface area (Å²) in [5, 5.41) is 0. The molecule has 0 spiro atoms. The van der Waals surface area contributed by atoms with Crippen molar-refractivity contribution in [3.63, 3.8) is 0 Å². The molecule has 2 rings (SSSR count). The monoisotopic (exact) mass is 438 g/mol. The third kappa shape index (κ3) is 5.85. The summed E-state index contributed by atoms with van der Waals surface area (Å²) in [5.74, 6) is 0.787. The molecule has 0 aromatic heterocycles. The average molecular weight is 439 g/mol. The molecule has 0 atom stereocenters. The summed E-state index contributed by atoms with van der Waals surface area (Å²) in [7, 11) is 1.65. The topological polar surface area (TPSA) is 27.7 Å². The first-order chi connectivity index (χ1) is 13.1. The van der Waals surface area contributed by atoms with E-state index in [1.54, 1.807) is 7.11 Å². The second-order valence-corrected chi connectivity index (χ2v) is 9.17. The minimum absolute atomic E-state index is 0.462. The Hall–Kier alpha value is -1.28. The van der Waals surface area contributed by atoms with E-state index in [-0.39, 0.29) is 0 Å². The molecule has 0 fully saturated rings. The number of rotatable bonds is 7. The van der Waals surface area contributed by atoms with Gasteiger partial charge in [-0.3, -0.25) is 0 Å². The van der Waals surface area contributed by atoms with Gasteiger partial charge in [-0.2, -0.15) is 0 Å². The van der Waals surface area contributed by atoms with Crippen LogP contribution in [0, 0.1) is 0 Å². The fourth-order valence-corrected chi connectivity index (χ4v) is 6.18. The van der Waals surface area contributed by atoms with E-state index in [1.807, 2.05) is 56.3 Å². The first-order valence-corrected chi connectivity index (χ1v) is 10.9. The number of ether oxygens (including phenoxy) is 3. The smallest absolute Gasteiger partial charge is 0.222 e. The summed E-state index contributed by atoms with van der Waals surface area (Å²) in [5.41, 5.74) is 2.07. The van der Waals surface area contributed by atoms with Crippen LogP contribution in [0.2, 0.25) is 0 Å². The minimum atomic E-state index is -0.633. The van der Waals surface area contributed by atoms with Gasteiger partial charge in [0, 0.05) is 0 Å². The quantitative estimate of drug-likeness (QED) is 0.386. The Morgan fingerprint density at radius 3 is 1.74 bits per heavy atom. The molecule has 0 radical (unpaired) electrons. The minimum Gasteiger partial charge on any atom is -0.497 e. The lowest BCUT2D eigenvalue weighted by atomic mass is 10.0. The molecule has 0 N–H and O–H groups in total. The van der Waals surface area contributed by atoms with E-state index in [1.165, 1.54) is 23.5 Å². The van der Waals surface area contributed by atoms with Crippen LogP contribution < -0.4 is 4.74 Å². The zero-order chi connectivity index (χ0) is 19.7. The molecule has 0 aliphatic heterocycles. The van der Waals surface area contributed by atoms with Gasteiger partial charge in [0.15, 0.2) is 0 Å². The van der Waals surface area contributed by atoms with Crippen LogP contribution in [-0.2, 0) is 13.6 Å². The molecule has 0 aliphatic rings. The largest absolute Gasteiger partial charge is 0.497 e. The van der Waals surface area contributed by atoms with Gasteiger partial charge in [-0.25, -0.2) is 0 Å². The van der Waals surface area contributed by atoms with Crippen LogP contribution in [0.3, 0.4) is 0 Å². The predicted molar refractivity (Wildman–Crippen MR) is 124 cm³/mol. The van der Waals surface area contributed by atoms with E-state index in [4.69, 9.17) is 38.6 Å². The average Bonchev–Trinajstić information content (AvgIpc) is 2.68. The Morgan fingerprint density at radius 1 is 0.815 bits per heavy atom. The molecule has 0 saturated heterocycles. The van der Waals surface area contributed by atoms with Crippen LogP contribution in [0.15, 0.2) is 54.6 Å². The fourth-order valence-electron chi connectivity index (χ4n) is 2.42. The second kappa shape index (κ2) is 10.9. The highest BCUT2D eigenvalue weighted by Gasteiger charge is 2.40. The molecular formula is C20H22O3S4. The molecule has 7 heteroatoms. The van der Waals surface area contributed by atoms with Gasteiger partial charge in [-0.15, -0.1) is 0 Å². The van der Waals surface area contributed by atoms with E-state index in [0.29, 0.717) is 22.0 Å². The molecule has 0 saturated carbocycles. The maximum Gasteiger partial charge on any atom is 0.222 e. The van der Waals surface area contributed by atoms with Crippen molar-refractivity contribution in [2.45, 2.75) is 17.9 Å². The van der Waals surface area contributed by atoms with Crippen molar-refractivity contribution in [1.82, 2.24) is 0 Å². The maximum absolute atomic E-state index is 5.60. The molecule has 144 valence electrons. The van der Waals surface area contributed by atoms with Gasteiger partial charge in [0.2, 0.25) is 8.77 Å². The Bertz CT molecular complexity index is 728. The van der Waals surface area contributed by atoms with E-state index in [2.05, 4.69) is 12.1 Å². The van der Waals surface area contributed by atoms with Crippen LogP contribution >= 0.6 is 48.0 Å². The molecule has 0 heterocycles. The zero-order valence-corrected chi connectivity index (χ0v) is 18.7. The fraction of sp³-hybridized carbons (Fsp3) is 0.300. The number of benzene rings is 2. The highest BCUT2D eigenvalue weighted by molar-refractivity contribution is 8.36. The van der Waals surface area contributed by atoms with Crippen LogP contribution in [0.25, 0.3) is 0 Å². The van der Waals surface area contributed by atoms with Gasteiger partial charge in [0.1, 0.15) is 9.83 Å². The molecule has 0 unspecified atom stereocenters. The number of hydrogen-bond acceptors (Lipinski definition) is 7. The van der Waals surface area contributed by atoms with Crippen molar-refractivity contribution in [1.29, 1.82) is 0 Å². The van der Waals surface area contributed by atoms with Crippen LogP contribution in [0.4, 0.5) is 0 Å². The van der Waals surface area contributed by atoms with Gasteiger partial charge in [0.25, 0.3) is 0 Å². The van der Waals surface area contributed by atoms with Gasteiger partial charge >= 0.3 is 0 Å². The Kier molecular flexibility index (Phi) is 8.89. The summed E-state index contributed by atoms with van der Waals surface area (Å²) >= 11 is 13.9. The molecule has 0 aliphatic carbocycles. The number of hydrogen-bond donors (Lipinski definition) is 0. The van der Waals surface area contributed by atoms with Crippen molar-refractivity contribution in [3.8, 4) is 5.75 Å². The molecule has 0 bridgehead atoms. The van der Waals surface area contributed by atoms with E-state index < -0.39 is 4.08 Å². The van der Waals surface area contributed by atoms with Gasteiger partial charge in [-0.1, -0.05) is 42.5 Å². The Labute approximate surface area is 180 Å². The lowest BCUT2D eigenvalue weighted by Gasteiger charge is -2.33. The Morgan fingerprint density at radius 2 is 1.30 bits per heavy atom. The molecule has 2 aromatic carbocycles. The zero-order valence-electron chi connectivity index (χ0n) is 15.5. The number of methoxy groups -OCH3 is 1. The summed E-state index contributed by atoms with van der Waals surface area (Å²) in [6, 6.07) is 18.0. The van der Waals surface area contributed by atoms with Crippen molar-refractivity contribution in [3.05, 3.63) is 65.7 Å². The molecule has 0 amide bonds. The highest BCUT2D eigenvalue weighted by Crippen LogP contribution is 2.53. The third-order valence-corrected chi connectivity index (χ3v) is 6.92. The van der Waals surface area contributed by atoms with Crippen LogP contribution in [-0.4, -0.2) is 29.1 Å². The number of thioether (sulfide) groups is 2. The second-order valence-electron chi connectivity index (χ2n) is 5.28. The predicted octanol–water partition coefficient (Wildman–Crippen LogP) is 6.01.